The number of nitrogens with zero attached hydrogens (tertiary/aromatic N) is 2. The molecular weight excluding hydrogens is 664 g/mol. The van der Waals surface area contributed by atoms with Gasteiger partial charge in [0.05, 0.1) is 10.8 Å². The molecule has 8 atom stereocenters. The zero-order valence-electron chi connectivity index (χ0n) is 27.5. The second-order valence-electron chi connectivity index (χ2n) is 14.7. The maximum Gasteiger partial charge on any atom is 0.247 e. The fraction of sp³-hybridized carbons (Fsp3) is 0.300. The maximum atomic E-state index is 14.7. The summed E-state index contributed by atoms with van der Waals surface area (Å²) in [4.78, 5) is 61.3. The minimum absolute atomic E-state index is 0.146. The minimum Gasteiger partial charge on any atom is -0.364 e. The Labute approximate surface area is 299 Å². The standard InChI is InChI=1S/C40H35ClN6O4/c41-26-15-7-4-12-23(26)19-30-36(51)47-32(34(49)43-30)21-40(25-14-6-9-17-28(25)45-38(40)47)39-20-31-33(48)42-29(18-22-10-2-1-3-11-22)35(50)46(31)37(39)44-27-16-8-5-13-24(27)39/h1-17,29-32,37-38,44-45H,18-21H2,(H,42,48)(H,43,49). The van der Waals surface area contributed by atoms with E-state index in [1.54, 1.807) is 15.9 Å². The summed E-state index contributed by atoms with van der Waals surface area (Å²) in [5.41, 5.74) is 3.67. The molecule has 11 heteroatoms. The topological polar surface area (TPSA) is 123 Å². The number of fused-ring (bicyclic) bond motifs is 11. The lowest BCUT2D eigenvalue weighted by Gasteiger charge is -2.48. The van der Waals surface area contributed by atoms with Crippen molar-refractivity contribution >= 4 is 46.6 Å². The van der Waals surface area contributed by atoms with Crippen molar-refractivity contribution in [1.29, 1.82) is 0 Å². The van der Waals surface area contributed by atoms with Crippen LogP contribution in [0.4, 0.5) is 11.4 Å². The number of benzene rings is 4. The van der Waals surface area contributed by atoms with E-state index in [2.05, 4.69) is 33.4 Å². The smallest absolute Gasteiger partial charge is 0.247 e. The van der Waals surface area contributed by atoms with Gasteiger partial charge in [0.25, 0.3) is 0 Å². The first-order valence-electron chi connectivity index (χ1n) is 17.6. The molecule has 6 aliphatic heterocycles. The number of hydrogen-bond acceptors (Lipinski definition) is 6. The summed E-state index contributed by atoms with van der Waals surface area (Å²) < 4.78 is 0. The van der Waals surface area contributed by atoms with Gasteiger partial charge >= 0.3 is 0 Å². The average Bonchev–Trinajstić information content (AvgIpc) is 3.85. The number of carbonyl (C=O) groups excluding carboxylic acids is 4. The predicted octanol–water partition coefficient (Wildman–Crippen LogP) is 3.70. The monoisotopic (exact) mass is 698 g/mol. The highest BCUT2D eigenvalue weighted by molar-refractivity contribution is 6.31. The molecule has 8 unspecified atom stereocenters. The van der Waals surface area contributed by atoms with E-state index in [1.807, 2.05) is 84.9 Å². The molecule has 4 aromatic rings. The van der Waals surface area contributed by atoms with Crippen LogP contribution >= 0.6 is 11.6 Å². The van der Waals surface area contributed by atoms with Gasteiger partial charge in [-0.1, -0.05) is 96.5 Å². The third kappa shape index (κ3) is 3.99. The van der Waals surface area contributed by atoms with Crippen molar-refractivity contribution in [1.82, 2.24) is 20.4 Å². The van der Waals surface area contributed by atoms with Gasteiger partial charge in [-0.25, -0.2) is 0 Å². The summed E-state index contributed by atoms with van der Waals surface area (Å²) in [5, 5.41) is 14.1. The Balaban J connectivity index is 1.12. The number of para-hydroxylation sites is 2. The van der Waals surface area contributed by atoms with Crippen LogP contribution < -0.4 is 21.3 Å². The first-order valence-corrected chi connectivity index (χ1v) is 17.9. The van der Waals surface area contributed by atoms with Crippen molar-refractivity contribution in [3.8, 4) is 0 Å². The molecule has 10 rings (SSSR count). The van der Waals surface area contributed by atoms with Crippen molar-refractivity contribution in [2.45, 2.75) is 73.0 Å². The lowest BCUT2D eigenvalue weighted by atomic mass is 9.54. The van der Waals surface area contributed by atoms with E-state index >= 15 is 0 Å². The van der Waals surface area contributed by atoms with Gasteiger partial charge in [-0.2, -0.15) is 0 Å². The van der Waals surface area contributed by atoms with Gasteiger partial charge in [0.15, 0.2) is 0 Å². The zero-order valence-corrected chi connectivity index (χ0v) is 28.3. The van der Waals surface area contributed by atoms with Gasteiger partial charge in [0.1, 0.15) is 36.5 Å². The van der Waals surface area contributed by atoms with Crippen molar-refractivity contribution in [2.75, 3.05) is 10.6 Å². The van der Waals surface area contributed by atoms with Gasteiger partial charge in [0.2, 0.25) is 23.6 Å². The lowest BCUT2D eigenvalue weighted by Crippen LogP contribution is -2.67. The quantitative estimate of drug-likeness (QED) is 0.252. The van der Waals surface area contributed by atoms with Crippen LogP contribution in [0.5, 0.6) is 0 Å². The summed E-state index contributed by atoms with van der Waals surface area (Å²) in [6.45, 7) is 0. The molecule has 4 amide bonds. The van der Waals surface area contributed by atoms with E-state index in [-0.39, 0.29) is 30.0 Å². The van der Waals surface area contributed by atoms with E-state index in [0.717, 1.165) is 33.6 Å². The van der Waals surface area contributed by atoms with E-state index in [0.29, 0.717) is 24.3 Å². The largest absolute Gasteiger partial charge is 0.364 e. The number of hydrogen-bond donors (Lipinski definition) is 4. The molecule has 4 fully saturated rings. The van der Waals surface area contributed by atoms with Gasteiger partial charge in [-0.05, 0) is 53.3 Å². The average molecular weight is 699 g/mol. The first-order chi connectivity index (χ1) is 24.8. The number of carbonyl (C=O) groups is 4. The predicted molar refractivity (Wildman–Crippen MR) is 191 cm³/mol. The minimum atomic E-state index is -0.891. The number of rotatable bonds is 5. The fourth-order valence-corrected chi connectivity index (χ4v) is 10.6. The van der Waals surface area contributed by atoms with E-state index in [9.17, 15) is 19.2 Å². The summed E-state index contributed by atoms with van der Waals surface area (Å²) in [5.74, 6) is -0.752. The molecule has 4 saturated heterocycles. The van der Waals surface area contributed by atoms with Crippen LogP contribution in [0, 0.1) is 0 Å². The Morgan fingerprint density at radius 1 is 0.569 bits per heavy atom. The molecule has 0 bridgehead atoms. The number of amides is 4. The molecule has 0 saturated carbocycles. The van der Waals surface area contributed by atoms with Gasteiger partial charge < -0.3 is 31.1 Å². The van der Waals surface area contributed by atoms with E-state index in [4.69, 9.17) is 11.6 Å². The van der Waals surface area contributed by atoms with E-state index < -0.39 is 47.3 Å². The van der Waals surface area contributed by atoms with Crippen molar-refractivity contribution < 1.29 is 19.2 Å². The zero-order chi connectivity index (χ0) is 34.6. The Hall–Kier alpha value is -5.35. The normalized spacial score (nSPS) is 32.5. The Kier molecular flexibility index (Phi) is 6.47. The van der Waals surface area contributed by atoms with Crippen LogP contribution in [0.2, 0.25) is 5.02 Å². The van der Waals surface area contributed by atoms with Gasteiger partial charge in [-0.3, -0.25) is 19.2 Å². The molecule has 4 aromatic carbocycles. The van der Waals surface area contributed by atoms with Crippen LogP contribution in [0.15, 0.2) is 103 Å². The van der Waals surface area contributed by atoms with Crippen molar-refractivity contribution in [3.63, 3.8) is 0 Å². The summed E-state index contributed by atoms with van der Waals surface area (Å²) in [7, 11) is 0. The van der Waals surface area contributed by atoms with Gasteiger partial charge in [-0.15, -0.1) is 0 Å². The SMILES string of the molecule is O=C1NC(Cc2ccccc2)C(=O)N2C1CC1(C34CC5C(=O)NC(Cc6ccccc6Cl)C(=O)N5C3Nc3ccccc34)c3ccccc3NC21. The number of anilines is 2. The third-order valence-electron chi connectivity index (χ3n) is 12.4. The maximum absolute atomic E-state index is 14.7. The van der Waals surface area contributed by atoms with Crippen LogP contribution in [-0.4, -0.2) is 69.9 Å². The highest BCUT2D eigenvalue weighted by atomic mass is 35.5. The molecule has 0 aromatic heterocycles. The van der Waals surface area contributed by atoms with Gasteiger partial charge in [0, 0.05) is 29.2 Å². The summed E-state index contributed by atoms with van der Waals surface area (Å²) in [6.07, 6.45) is 0.0352. The molecule has 0 radical (unpaired) electrons. The van der Waals surface area contributed by atoms with Crippen LogP contribution in [0.25, 0.3) is 0 Å². The molecule has 256 valence electrons. The second-order valence-corrected chi connectivity index (χ2v) is 15.1. The summed E-state index contributed by atoms with van der Waals surface area (Å²) in [6, 6.07) is 30.1. The third-order valence-corrected chi connectivity index (χ3v) is 12.8. The Morgan fingerprint density at radius 3 is 1.59 bits per heavy atom. The number of piperazine rings is 2. The van der Waals surface area contributed by atoms with Crippen molar-refractivity contribution in [3.05, 3.63) is 130 Å². The highest BCUT2D eigenvalue weighted by Gasteiger charge is 2.78. The lowest BCUT2D eigenvalue weighted by molar-refractivity contribution is -0.149. The van der Waals surface area contributed by atoms with Crippen LogP contribution in [0.1, 0.15) is 35.1 Å². The number of halogens is 1. The molecule has 10 nitrogen and oxygen atoms in total. The van der Waals surface area contributed by atoms with Crippen LogP contribution in [-0.2, 0) is 42.8 Å². The fourth-order valence-electron chi connectivity index (χ4n) is 10.4. The second kappa shape index (κ2) is 10.8. The van der Waals surface area contributed by atoms with Crippen molar-refractivity contribution in [2.24, 2.45) is 0 Å². The molecule has 4 N–H and O–H groups in total. The van der Waals surface area contributed by atoms with E-state index in [1.165, 1.54) is 0 Å². The Bertz CT molecular complexity index is 2160. The first kappa shape index (κ1) is 30.5. The number of nitrogens with one attached hydrogen (secondary N) is 4. The molecular formula is C40H35ClN6O4. The highest BCUT2D eigenvalue weighted by Crippen LogP contribution is 2.68. The molecule has 51 heavy (non-hydrogen) atoms. The molecule has 6 heterocycles. The molecule has 6 aliphatic rings. The summed E-state index contributed by atoms with van der Waals surface area (Å²) >= 11 is 6.52. The molecule has 0 aliphatic carbocycles. The van der Waals surface area contributed by atoms with Crippen LogP contribution in [0.3, 0.4) is 0 Å². The molecule has 0 spiro atoms. The Morgan fingerprint density at radius 2 is 1.04 bits per heavy atom.